The highest BCUT2D eigenvalue weighted by molar-refractivity contribution is 5.79. The molecule has 1 fully saturated rings. The molecule has 2 aliphatic carbocycles. The van der Waals surface area contributed by atoms with Crippen LogP contribution in [0.25, 0.3) is 11.1 Å². The minimum atomic E-state index is -0.808. The lowest BCUT2D eigenvalue weighted by molar-refractivity contribution is -0.138. The third kappa shape index (κ3) is 4.92. The molecule has 3 unspecified atom stereocenters. The molecule has 5 nitrogen and oxygen atoms in total. The van der Waals surface area contributed by atoms with Crippen molar-refractivity contribution in [2.24, 2.45) is 17.8 Å². The number of fused-ring (bicyclic) bond motifs is 3. The van der Waals surface area contributed by atoms with E-state index in [-0.39, 0.29) is 24.9 Å². The number of aliphatic carboxylic acids is 1. The van der Waals surface area contributed by atoms with E-state index in [9.17, 15) is 14.7 Å². The smallest absolute Gasteiger partial charge is 0.407 e. The molecule has 0 spiro atoms. The van der Waals surface area contributed by atoms with E-state index in [0.29, 0.717) is 18.4 Å². The average molecular weight is 422 g/mol. The van der Waals surface area contributed by atoms with Crippen molar-refractivity contribution in [1.82, 2.24) is 5.32 Å². The number of alkyl carbamates (subject to hydrolysis) is 1. The summed E-state index contributed by atoms with van der Waals surface area (Å²) in [5.74, 6) is 0.115. The zero-order chi connectivity index (χ0) is 21.8. The maximum atomic E-state index is 12.5. The highest BCUT2D eigenvalue weighted by Gasteiger charge is 2.30. The summed E-state index contributed by atoms with van der Waals surface area (Å²) in [5, 5.41) is 12.2. The lowest BCUT2D eigenvalue weighted by Crippen LogP contribution is -2.36. The van der Waals surface area contributed by atoms with Crippen LogP contribution in [0.15, 0.2) is 48.5 Å². The van der Waals surface area contributed by atoms with Gasteiger partial charge in [0.2, 0.25) is 0 Å². The number of rotatable bonds is 7. The maximum absolute atomic E-state index is 12.5. The van der Waals surface area contributed by atoms with Crippen LogP contribution in [0.3, 0.4) is 0 Å². The van der Waals surface area contributed by atoms with Gasteiger partial charge < -0.3 is 15.2 Å². The Labute approximate surface area is 183 Å². The van der Waals surface area contributed by atoms with Gasteiger partial charge >= 0.3 is 12.1 Å². The first kappa shape index (κ1) is 21.4. The van der Waals surface area contributed by atoms with Crippen molar-refractivity contribution in [2.75, 3.05) is 13.2 Å². The van der Waals surface area contributed by atoms with E-state index in [4.69, 9.17) is 4.74 Å². The predicted octanol–water partition coefficient (Wildman–Crippen LogP) is 5.44. The normalized spacial score (nSPS) is 21.1. The summed E-state index contributed by atoms with van der Waals surface area (Å²) < 4.78 is 5.61. The highest BCUT2D eigenvalue weighted by Crippen LogP contribution is 2.44. The maximum Gasteiger partial charge on any atom is 0.407 e. The molecule has 2 aromatic rings. The molecular formula is C26H31NO4. The van der Waals surface area contributed by atoms with Gasteiger partial charge in [-0.3, -0.25) is 4.79 Å². The SMILES string of the molecule is CC1CCCC(C(CNC(=O)OCC2c3ccccc3-c3ccccc32)CC(=O)O)C1. The van der Waals surface area contributed by atoms with Crippen molar-refractivity contribution in [3.05, 3.63) is 59.7 Å². The molecule has 2 aromatic carbocycles. The van der Waals surface area contributed by atoms with Gasteiger partial charge in [0.25, 0.3) is 0 Å². The summed E-state index contributed by atoms with van der Waals surface area (Å²) in [7, 11) is 0. The summed E-state index contributed by atoms with van der Waals surface area (Å²) in [6.07, 6.45) is 4.02. The lowest BCUT2D eigenvalue weighted by atomic mass is 9.74. The van der Waals surface area contributed by atoms with Crippen molar-refractivity contribution in [3.63, 3.8) is 0 Å². The van der Waals surface area contributed by atoms with E-state index < -0.39 is 12.1 Å². The van der Waals surface area contributed by atoms with Crippen molar-refractivity contribution < 1.29 is 19.4 Å². The third-order valence-corrected chi connectivity index (χ3v) is 6.93. The number of amides is 1. The topological polar surface area (TPSA) is 75.6 Å². The van der Waals surface area contributed by atoms with Crippen LogP contribution in [-0.2, 0) is 9.53 Å². The molecule has 4 rings (SSSR count). The Balaban J connectivity index is 1.36. The molecule has 0 saturated heterocycles. The van der Waals surface area contributed by atoms with Gasteiger partial charge in [-0.05, 0) is 46.4 Å². The van der Waals surface area contributed by atoms with E-state index in [1.165, 1.54) is 28.7 Å². The molecule has 1 saturated carbocycles. The summed E-state index contributed by atoms with van der Waals surface area (Å²) in [4.78, 5) is 23.8. The zero-order valence-electron chi connectivity index (χ0n) is 18.0. The molecule has 0 aromatic heterocycles. The number of carboxylic acid groups (broad SMARTS) is 1. The van der Waals surface area contributed by atoms with Crippen LogP contribution in [0, 0.1) is 17.8 Å². The molecule has 5 heteroatoms. The van der Waals surface area contributed by atoms with E-state index >= 15 is 0 Å². The predicted molar refractivity (Wildman–Crippen MR) is 120 cm³/mol. The van der Waals surface area contributed by atoms with Crippen molar-refractivity contribution in [3.8, 4) is 11.1 Å². The molecule has 2 N–H and O–H groups in total. The number of benzene rings is 2. The molecule has 31 heavy (non-hydrogen) atoms. The van der Waals surface area contributed by atoms with E-state index in [0.717, 1.165) is 19.3 Å². The van der Waals surface area contributed by atoms with Crippen molar-refractivity contribution in [1.29, 1.82) is 0 Å². The Bertz CT molecular complexity index is 895. The van der Waals surface area contributed by atoms with Gasteiger partial charge in [-0.25, -0.2) is 4.79 Å². The monoisotopic (exact) mass is 421 g/mol. The van der Waals surface area contributed by atoms with Crippen LogP contribution < -0.4 is 5.32 Å². The number of hydrogen-bond acceptors (Lipinski definition) is 3. The van der Waals surface area contributed by atoms with Gasteiger partial charge in [0.15, 0.2) is 0 Å². The number of nitrogens with one attached hydrogen (secondary N) is 1. The standard InChI is InChI=1S/C26H31NO4/c1-17-7-6-8-18(13-17)19(14-25(28)29)15-27-26(30)31-16-24-22-11-4-2-9-20(22)21-10-3-5-12-23(21)24/h2-5,9-12,17-19,24H,6-8,13-16H2,1H3,(H,27,30)(H,28,29). The van der Waals surface area contributed by atoms with Crippen LogP contribution in [-0.4, -0.2) is 30.3 Å². The van der Waals surface area contributed by atoms with Gasteiger partial charge in [-0.15, -0.1) is 0 Å². The fourth-order valence-electron chi connectivity index (χ4n) is 5.40. The molecule has 0 bridgehead atoms. The second kappa shape index (κ2) is 9.54. The molecule has 1 amide bonds. The molecule has 0 aliphatic heterocycles. The highest BCUT2D eigenvalue weighted by atomic mass is 16.5. The lowest BCUT2D eigenvalue weighted by Gasteiger charge is -2.32. The van der Waals surface area contributed by atoms with Gasteiger partial charge in [0.05, 0.1) is 6.42 Å². The Kier molecular flexibility index (Phi) is 6.59. The van der Waals surface area contributed by atoms with Crippen LogP contribution >= 0.6 is 0 Å². The minimum Gasteiger partial charge on any atom is -0.481 e. The average Bonchev–Trinajstić information content (AvgIpc) is 3.09. The van der Waals surface area contributed by atoms with Gasteiger partial charge in [-0.1, -0.05) is 74.7 Å². The molecule has 2 aliphatic rings. The molecule has 0 heterocycles. The van der Waals surface area contributed by atoms with Crippen molar-refractivity contribution in [2.45, 2.75) is 44.9 Å². The van der Waals surface area contributed by atoms with Crippen LogP contribution in [0.5, 0.6) is 0 Å². The molecule has 164 valence electrons. The summed E-state index contributed by atoms with van der Waals surface area (Å²) in [6.45, 7) is 2.84. The Morgan fingerprint density at radius 2 is 1.71 bits per heavy atom. The van der Waals surface area contributed by atoms with E-state index in [1.807, 2.05) is 24.3 Å². The van der Waals surface area contributed by atoms with E-state index in [2.05, 4.69) is 36.5 Å². The third-order valence-electron chi connectivity index (χ3n) is 6.93. The Morgan fingerprint density at radius 1 is 1.06 bits per heavy atom. The minimum absolute atomic E-state index is 0.0205. The summed E-state index contributed by atoms with van der Waals surface area (Å²) in [6, 6.07) is 16.5. The summed E-state index contributed by atoms with van der Waals surface area (Å²) >= 11 is 0. The van der Waals surface area contributed by atoms with Crippen LogP contribution in [0.1, 0.15) is 56.1 Å². The first-order valence-electron chi connectivity index (χ1n) is 11.3. The molecule has 0 radical (unpaired) electrons. The number of carboxylic acids is 1. The first-order chi connectivity index (χ1) is 15.0. The number of ether oxygens (including phenoxy) is 1. The van der Waals surface area contributed by atoms with E-state index in [1.54, 1.807) is 0 Å². The summed E-state index contributed by atoms with van der Waals surface area (Å²) in [5.41, 5.74) is 4.74. The Hall–Kier alpha value is -2.82. The van der Waals surface area contributed by atoms with Gasteiger partial charge in [-0.2, -0.15) is 0 Å². The van der Waals surface area contributed by atoms with Crippen LogP contribution in [0.2, 0.25) is 0 Å². The fourth-order valence-corrected chi connectivity index (χ4v) is 5.40. The first-order valence-corrected chi connectivity index (χ1v) is 11.3. The number of carbonyl (C=O) groups is 2. The number of hydrogen-bond donors (Lipinski definition) is 2. The van der Waals surface area contributed by atoms with Crippen molar-refractivity contribution >= 4 is 12.1 Å². The quantitative estimate of drug-likeness (QED) is 0.624. The molecule has 3 atom stereocenters. The molecular weight excluding hydrogens is 390 g/mol. The van der Waals surface area contributed by atoms with Crippen LogP contribution in [0.4, 0.5) is 4.79 Å². The van der Waals surface area contributed by atoms with Gasteiger partial charge in [0.1, 0.15) is 6.61 Å². The second-order valence-corrected chi connectivity index (χ2v) is 9.10. The Morgan fingerprint density at radius 3 is 2.32 bits per heavy atom. The largest absolute Gasteiger partial charge is 0.481 e. The number of carbonyl (C=O) groups excluding carboxylic acids is 1. The fraction of sp³-hybridized carbons (Fsp3) is 0.462. The zero-order valence-corrected chi connectivity index (χ0v) is 18.0. The van der Waals surface area contributed by atoms with Gasteiger partial charge in [0, 0.05) is 12.5 Å². The second-order valence-electron chi connectivity index (χ2n) is 9.10.